The van der Waals surface area contributed by atoms with Crippen LogP contribution in [0.2, 0.25) is 20.1 Å². The molecule has 3 aromatic carbocycles. The third-order valence-electron chi connectivity index (χ3n) is 4.44. The molecule has 4 rings (SSSR count). The van der Waals surface area contributed by atoms with E-state index in [9.17, 15) is 14.0 Å². The van der Waals surface area contributed by atoms with Crippen LogP contribution >= 0.6 is 58.2 Å². The number of carbonyl (C=O) groups is 2. The van der Waals surface area contributed by atoms with Gasteiger partial charge in [0.2, 0.25) is 0 Å². The minimum atomic E-state index is -0.643. The Kier molecular flexibility index (Phi) is 6.70. The Morgan fingerprint density at radius 2 is 1.56 bits per heavy atom. The van der Waals surface area contributed by atoms with Crippen molar-refractivity contribution in [2.24, 2.45) is 0 Å². The standard InChI is InChI=1S/C22H11Cl4FN2O2S/c23-11-4-7-13(8-5-11)32-20-19(28-12-6-9-16(27)15(25)10-12)21(30)29(22(20)31)17-3-1-2-14(24)18(17)26/h1-10,28H. The summed E-state index contributed by atoms with van der Waals surface area (Å²) in [5.41, 5.74) is 0.478. The Balaban J connectivity index is 1.78. The second-order valence-electron chi connectivity index (χ2n) is 6.53. The topological polar surface area (TPSA) is 49.4 Å². The summed E-state index contributed by atoms with van der Waals surface area (Å²) in [6, 6.07) is 15.3. The Morgan fingerprint density at radius 3 is 2.25 bits per heavy atom. The molecule has 0 saturated carbocycles. The van der Waals surface area contributed by atoms with Crippen LogP contribution in [0.15, 0.2) is 76.2 Å². The average molecular weight is 528 g/mol. The fourth-order valence-corrected chi connectivity index (χ4v) is 4.55. The van der Waals surface area contributed by atoms with Crippen LogP contribution in [0, 0.1) is 5.82 Å². The highest BCUT2D eigenvalue weighted by Gasteiger charge is 2.41. The van der Waals surface area contributed by atoms with Gasteiger partial charge in [0, 0.05) is 15.6 Å². The first-order chi connectivity index (χ1) is 15.3. The highest BCUT2D eigenvalue weighted by Crippen LogP contribution is 2.41. The van der Waals surface area contributed by atoms with Crippen LogP contribution in [-0.2, 0) is 9.59 Å². The zero-order valence-corrected chi connectivity index (χ0v) is 19.7. The highest BCUT2D eigenvalue weighted by atomic mass is 35.5. The second kappa shape index (κ2) is 9.33. The molecule has 1 heterocycles. The van der Waals surface area contributed by atoms with E-state index in [4.69, 9.17) is 46.4 Å². The van der Waals surface area contributed by atoms with Crippen LogP contribution in [0.4, 0.5) is 15.8 Å². The molecule has 1 aliphatic rings. The van der Waals surface area contributed by atoms with Crippen molar-refractivity contribution in [1.82, 2.24) is 0 Å². The molecule has 10 heteroatoms. The smallest absolute Gasteiger partial charge is 0.283 e. The first-order valence-electron chi connectivity index (χ1n) is 8.99. The highest BCUT2D eigenvalue weighted by molar-refractivity contribution is 8.04. The van der Waals surface area contributed by atoms with Crippen molar-refractivity contribution < 1.29 is 14.0 Å². The molecular weight excluding hydrogens is 517 g/mol. The molecule has 0 aromatic heterocycles. The molecule has 0 spiro atoms. The lowest BCUT2D eigenvalue weighted by atomic mass is 10.2. The summed E-state index contributed by atoms with van der Waals surface area (Å²) in [4.78, 5) is 28.4. The van der Waals surface area contributed by atoms with Crippen molar-refractivity contribution in [1.29, 1.82) is 0 Å². The number of rotatable bonds is 5. The van der Waals surface area contributed by atoms with Crippen molar-refractivity contribution >= 4 is 81.4 Å². The predicted octanol–water partition coefficient (Wildman–Crippen LogP) is 7.43. The number of thioether (sulfide) groups is 1. The van der Waals surface area contributed by atoms with Crippen LogP contribution in [0.1, 0.15) is 0 Å². The lowest BCUT2D eigenvalue weighted by molar-refractivity contribution is -0.120. The second-order valence-corrected chi connectivity index (χ2v) is 9.25. The van der Waals surface area contributed by atoms with Crippen LogP contribution < -0.4 is 10.2 Å². The zero-order valence-electron chi connectivity index (χ0n) is 15.8. The van der Waals surface area contributed by atoms with Gasteiger partial charge in [0.25, 0.3) is 11.8 Å². The van der Waals surface area contributed by atoms with Gasteiger partial charge >= 0.3 is 0 Å². The molecule has 0 aliphatic carbocycles. The maximum atomic E-state index is 13.6. The maximum Gasteiger partial charge on any atom is 0.283 e. The largest absolute Gasteiger partial charge is 0.350 e. The SMILES string of the molecule is O=C1C(Nc2ccc(F)c(Cl)c2)=C(Sc2ccc(Cl)cc2)C(=O)N1c1cccc(Cl)c1Cl. The molecule has 0 unspecified atom stereocenters. The lowest BCUT2D eigenvalue weighted by Gasteiger charge is -2.17. The summed E-state index contributed by atoms with van der Waals surface area (Å²) >= 11 is 25.3. The van der Waals surface area contributed by atoms with E-state index < -0.39 is 17.6 Å². The summed E-state index contributed by atoms with van der Waals surface area (Å²) in [5, 5.41) is 3.56. The molecule has 4 nitrogen and oxygen atoms in total. The van der Waals surface area contributed by atoms with E-state index in [1.807, 2.05) is 0 Å². The van der Waals surface area contributed by atoms with Crippen molar-refractivity contribution in [3.63, 3.8) is 0 Å². The van der Waals surface area contributed by atoms with Crippen LogP contribution in [0.5, 0.6) is 0 Å². The first-order valence-corrected chi connectivity index (χ1v) is 11.3. The third kappa shape index (κ3) is 4.47. The van der Waals surface area contributed by atoms with Crippen molar-refractivity contribution in [3.05, 3.63) is 97.2 Å². The van der Waals surface area contributed by atoms with Crippen LogP contribution in [0.25, 0.3) is 0 Å². The average Bonchev–Trinajstić information content (AvgIpc) is 2.98. The van der Waals surface area contributed by atoms with Gasteiger partial charge in [0.15, 0.2) is 0 Å². The van der Waals surface area contributed by atoms with Gasteiger partial charge in [-0.05, 0) is 54.6 Å². The number of hydrogen-bond acceptors (Lipinski definition) is 4. The number of nitrogens with one attached hydrogen (secondary N) is 1. The number of hydrogen-bond donors (Lipinski definition) is 1. The molecule has 0 fully saturated rings. The summed E-state index contributed by atoms with van der Waals surface area (Å²) in [5.74, 6) is -1.84. The van der Waals surface area contributed by atoms with E-state index in [2.05, 4.69) is 5.32 Å². The third-order valence-corrected chi connectivity index (χ3v) is 6.88. The molecule has 2 amide bonds. The van der Waals surface area contributed by atoms with Gasteiger partial charge in [-0.25, -0.2) is 9.29 Å². The first kappa shape index (κ1) is 23.0. The van der Waals surface area contributed by atoms with E-state index in [1.165, 1.54) is 18.2 Å². The minimum Gasteiger partial charge on any atom is -0.350 e. The van der Waals surface area contributed by atoms with Crippen molar-refractivity contribution in [3.8, 4) is 0 Å². The fourth-order valence-electron chi connectivity index (χ4n) is 2.94. The Bertz CT molecular complexity index is 1280. The minimum absolute atomic E-state index is 0.00586. The van der Waals surface area contributed by atoms with Gasteiger partial charge in [-0.1, -0.05) is 64.2 Å². The van der Waals surface area contributed by atoms with Gasteiger partial charge < -0.3 is 5.32 Å². The summed E-state index contributed by atoms with van der Waals surface area (Å²) in [6.45, 7) is 0. The van der Waals surface area contributed by atoms with E-state index in [0.717, 1.165) is 22.7 Å². The number of benzene rings is 3. The molecule has 1 aliphatic heterocycles. The van der Waals surface area contributed by atoms with E-state index in [1.54, 1.807) is 36.4 Å². The van der Waals surface area contributed by atoms with Crippen LogP contribution in [-0.4, -0.2) is 11.8 Å². The number of carbonyl (C=O) groups excluding carboxylic acids is 2. The summed E-state index contributed by atoms with van der Waals surface area (Å²) < 4.78 is 13.6. The number of anilines is 2. The quantitative estimate of drug-likeness (QED) is 0.350. The summed E-state index contributed by atoms with van der Waals surface area (Å²) in [6.07, 6.45) is 0. The molecule has 3 aromatic rings. The fraction of sp³-hybridized carbons (Fsp3) is 0. The van der Waals surface area contributed by atoms with Gasteiger partial charge in [0.1, 0.15) is 16.4 Å². The maximum absolute atomic E-state index is 13.6. The van der Waals surface area contributed by atoms with Gasteiger partial charge in [-0.3, -0.25) is 9.59 Å². The molecule has 32 heavy (non-hydrogen) atoms. The van der Waals surface area contributed by atoms with Gasteiger partial charge in [-0.15, -0.1) is 0 Å². The van der Waals surface area contributed by atoms with Gasteiger partial charge in [0.05, 0.1) is 20.8 Å². The summed E-state index contributed by atoms with van der Waals surface area (Å²) in [7, 11) is 0. The molecule has 0 bridgehead atoms. The molecule has 162 valence electrons. The molecule has 1 N–H and O–H groups in total. The Morgan fingerprint density at radius 1 is 0.844 bits per heavy atom. The van der Waals surface area contributed by atoms with Crippen molar-refractivity contribution in [2.45, 2.75) is 4.90 Å². The molecular formula is C22H11Cl4FN2O2S. The lowest BCUT2D eigenvalue weighted by Crippen LogP contribution is -2.32. The Hall–Kier alpha value is -2.22. The Labute approximate surface area is 206 Å². The van der Waals surface area contributed by atoms with E-state index in [0.29, 0.717) is 15.6 Å². The van der Waals surface area contributed by atoms with E-state index in [-0.39, 0.29) is 31.4 Å². The molecule has 0 saturated heterocycles. The number of imide groups is 1. The predicted molar refractivity (Wildman–Crippen MR) is 128 cm³/mol. The zero-order chi connectivity index (χ0) is 23.0. The van der Waals surface area contributed by atoms with Crippen LogP contribution in [0.3, 0.4) is 0 Å². The number of halogens is 5. The molecule has 0 atom stereocenters. The van der Waals surface area contributed by atoms with E-state index >= 15 is 0 Å². The van der Waals surface area contributed by atoms with Crippen molar-refractivity contribution in [2.75, 3.05) is 10.2 Å². The molecule has 0 radical (unpaired) electrons. The number of nitrogens with zero attached hydrogens (tertiary/aromatic N) is 1. The number of amides is 2. The van der Waals surface area contributed by atoms with Gasteiger partial charge in [-0.2, -0.15) is 0 Å². The monoisotopic (exact) mass is 526 g/mol. The normalized spacial score (nSPS) is 13.8.